The second-order valence-electron chi connectivity index (χ2n) is 5.66. The summed E-state index contributed by atoms with van der Waals surface area (Å²) in [5.41, 5.74) is 0.878. The van der Waals surface area contributed by atoms with E-state index in [9.17, 15) is 0 Å². The Bertz CT molecular complexity index is 601. The summed E-state index contributed by atoms with van der Waals surface area (Å²) >= 11 is 5.89. The van der Waals surface area contributed by atoms with Gasteiger partial charge in [0, 0.05) is 6.54 Å². The van der Waals surface area contributed by atoms with E-state index in [1.807, 2.05) is 18.2 Å². The Morgan fingerprint density at radius 3 is 2.52 bits per heavy atom. The van der Waals surface area contributed by atoms with Gasteiger partial charge in [-0.25, -0.2) is 9.97 Å². The number of nitrogens with zero attached hydrogens (tertiary/aromatic N) is 3. The quantitative estimate of drug-likeness (QED) is 0.851. The molecule has 2 heterocycles. The van der Waals surface area contributed by atoms with Crippen molar-refractivity contribution in [2.24, 2.45) is 0 Å². The minimum atomic E-state index is -0.317. The Kier molecular flexibility index (Phi) is 3.83. The summed E-state index contributed by atoms with van der Waals surface area (Å²) in [6.45, 7) is 5.62. The first-order chi connectivity index (χ1) is 10.1. The van der Waals surface area contributed by atoms with Crippen LogP contribution < -0.4 is 4.90 Å². The summed E-state index contributed by atoms with van der Waals surface area (Å²) < 4.78 is 5.98. The molecule has 21 heavy (non-hydrogen) atoms. The second kappa shape index (κ2) is 5.62. The van der Waals surface area contributed by atoms with Crippen molar-refractivity contribution >= 4 is 17.5 Å². The lowest BCUT2D eigenvalue weighted by Gasteiger charge is -2.46. The topological polar surface area (TPSA) is 38.2 Å². The fraction of sp³-hybridized carbons (Fsp3) is 0.375. The molecular weight excluding hydrogens is 286 g/mol. The van der Waals surface area contributed by atoms with E-state index in [1.54, 1.807) is 12.4 Å². The number of anilines is 1. The molecule has 4 nitrogen and oxygen atoms in total. The van der Waals surface area contributed by atoms with Gasteiger partial charge in [0.05, 0.1) is 35.7 Å². The van der Waals surface area contributed by atoms with E-state index < -0.39 is 0 Å². The van der Waals surface area contributed by atoms with Gasteiger partial charge in [-0.2, -0.15) is 0 Å². The number of halogens is 1. The average Bonchev–Trinajstić information content (AvgIpc) is 2.48. The summed E-state index contributed by atoms with van der Waals surface area (Å²) in [5.74, 6) is 0.685. The van der Waals surface area contributed by atoms with Gasteiger partial charge < -0.3 is 9.64 Å². The highest BCUT2D eigenvalue weighted by molar-refractivity contribution is 6.30. The van der Waals surface area contributed by atoms with Crippen molar-refractivity contribution in [3.05, 3.63) is 53.3 Å². The van der Waals surface area contributed by atoms with Gasteiger partial charge in [-0.05, 0) is 19.4 Å². The zero-order valence-electron chi connectivity index (χ0n) is 12.2. The van der Waals surface area contributed by atoms with Gasteiger partial charge in [-0.1, -0.05) is 41.9 Å². The van der Waals surface area contributed by atoms with Gasteiger partial charge in [-0.15, -0.1) is 0 Å². The van der Waals surface area contributed by atoms with Crippen LogP contribution in [0, 0.1) is 0 Å². The third kappa shape index (κ3) is 2.87. The molecule has 0 saturated carbocycles. The Balaban J connectivity index is 2.02. The number of hydrogen-bond acceptors (Lipinski definition) is 4. The first kappa shape index (κ1) is 14.3. The first-order valence-corrected chi connectivity index (χ1v) is 7.39. The lowest BCUT2D eigenvalue weighted by Crippen LogP contribution is -2.51. The monoisotopic (exact) mass is 303 g/mol. The molecule has 0 aliphatic carbocycles. The summed E-state index contributed by atoms with van der Waals surface area (Å²) in [5, 5.41) is 0.544. The summed E-state index contributed by atoms with van der Waals surface area (Å²) in [6, 6.07) is 10.4. The van der Waals surface area contributed by atoms with E-state index in [4.69, 9.17) is 16.3 Å². The van der Waals surface area contributed by atoms with Crippen LogP contribution in [0.15, 0.2) is 42.7 Å². The summed E-state index contributed by atoms with van der Waals surface area (Å²) in [6.07, 6.45) is 3.27. The number of aromatic nitrogens is 2. The Morgan fingerprint density at radius 1 is 1.19 bits per heavy atom. The normalized spacial score (nSPS) is 21.3. The highest BCUT2D eigenvalue weighted by atomic mass is 35.5. The van der Waals surface area contributed by atoms with Crippen molar-refractivity contribution in [3.8, 4) is 0 Å². The maximum Gasteiger partial charge on any atom is 0.226 e. The van der Waals surface area contributed by atoms with Crippen LogP contribution in [-0.2, 0) is 4.74 Å². The number of rotatable bonds is 2. The average molecular weight is 304 g/mol. The summed E-state index contributed by atoms with van der Waals surface area (Å²) in [4.78, 5) is 10.9. The number of benzene rings is 1. The molecule has 3 rings (SSSR count). The molecule has 0 spiro atoms. The fourth-order valence-corrected chi connectivity index (χ4v) is 2.97. The Hall–Kier alpha value is -1.65. The predicted octanol–water partition coefficient (Wildman–Crippen LogP) is 3.49. The van der Waals surface area contributed by atoms with Crippen LogP contribution in [-0.4, -0.2) is 28.7 Å². The molecule has 1 aliphatic heterocycles. The molecule has 1 aliphatic rings. The number of hydrogen-bond donors (Lipinski definition) is 0. The molecule has 110 valence electrons. The third-order valence-electron chi connectivity index (χ3n) is 3.76. The molecule has 2 aromatic rings. The SMILES string of the molecule is CC1(C)OCCN(c2ncc(Cl)cn2)C1c1ccccc1. The molecule has 0 bridgehead atoms. The van der Waals surface area contributed by atoms with Gasteiger partial charge in [0.25, 0.3) is 0 Å². The van der Waals surface area contributed by atoms with E-state index >= 15 is 0 Å². The van der Waals surface area contributed by atoms with Crippen molar-refractivity contribution in [2.75, 3.05) is 18.1 Å². The molecule has 1 aromatic heterocycles. The molecule has 0 radical (unpaired) electrons. The van der Waals surface area contributed by atoms with E-state index in [0.717, 1.165) is 6.54 Å². The lowest BCUT2D eigenvalue weighted by atomic mass is 9.89. The zero-order valence-corrected chi connectivity index (χ0v) is 12.9. The lowest BCUT2D eigenvalue weighted by molar-refractivity contribution is -0.0591. The molecule has 0 amide bonds. The Morgan fingerprint density at radius 2 is 1.86 bits per heavy atom. The zero-order chi connectivity index (χ0) is 14.9. The molecular formula is C16H18ClN3O. The van der Waals surface area contributed by atoms with Crippen molar-refractivity contribution in [2.45, 2.75) is 25.5 Å². The molecule has 1 atom stereocenters. The van der Waals surface area contributed by atoms with Crippen LogP contribution in [0.5, 0.6) is 0 Å². The maximum atomic E-state index is 5.98. The minimum absolute atomic E-state index is 0.0635. The van der Waals surface area contributed by atoms with Crippen LogP contribution in [0.4, 0.5) is 5.95 Å². The highest BCUT2D eigenvalue weighted by Crippen LogP contribution is 2.38. The molecule has 1 saturated heterocycles. The number of ether oxygens (including phenoxy) is 1. The molecule has 0 N–H and O–H groups in total. The van der Waals surface area contributed by atoms with Gasteiger partial charge >= 0.3 is 0 Å². The maximum absolute atomic E-state index is 5.98. The molecule has 1 aromatic carbocycles. The van der Waals surface area contributed by atoms with E-state index in [-0.39, 0.29) is 11.6 Å². The third-order valence-corrected chi connectivity index (χ3v) is 3.95. The van der Waals surface area contributed by atoms with Crippen molar-refractivity contribution in [1.29, 1.82) is 0 Å². The van der Waals surface area contributed by atoms with Crippen molar-refractivity contribution in [1.82, 2.24) is 9.97 Å². The van der Waals surface area contributed by atoms with Gasteiger partial charge in [0.1, 0.15) is 0 Å². The minimum Gasteiger partial charge on any atom is -0.371 e. The first-order valence-electron chi connectivity index (χ1n) is 7.01. The van der Waals surface area contributed by atoms with Crippen LogP contribution in [0.1, 0.15) is 25.5 Å². The van der Waals surface area contributed by atoms with Gasteiger partial charge in [0.15, 0.2) is 0 Å². The van der Waals surface area contributed by atoms with Gasteiger partial charge in [-0.3, -0.25) is 0 Å². The van der Waals surface area contributed by atoms with Gasteiger partial charge in [0.2, 0.25) is 5.95 Å². The molecule has 5 heteroatoms. The van der Waals surface area contributed by atoms with E-state index in [1.165, 1.54) is 5.56 Å². The number of morpholine rings is 1. The standard InChI is InChI=1S/C16H18ClN3O/c1-16(2)14(12-6-4-3-5-7-12)20(8-9-21-16)15-18-10-13(17)11-19-15/h3-7,10-11,14H,8-9H2,1-2H3. The van der Waals surface area contributed by atoms with Crippen LogP contribution in [0.25, 0.3) is 0 Å². The predicted molar refractivity (Wildman–Crippen MR) is 83.6 cm³/mol. The van der Waals surface area contributed by atoms with Crippen molar-refractivity contribution in [3.63, 3.8) is 0 Å². The van der Waals surface area contributed by atoms with E-state index in [2.05, 4.69) is 40.8 Å². The second-order valence-corrected chi connectivity index (χ2v) is 6.10. The largest absolute Gasteiger partial charge is 0.371 e. The summed E-state index contributed by atoms with van der Waals surface area (Å²) in [7, 11) is 0. The van der Waals surface area contributed by atoms with Crippen LogP contribution in [0.2, 0.25) is 5.02 Å². The highest BCUT2D eigenvalue weighted by Gasteiger charge is 2.40. The van der Waals surface area contributed by atoms with E-state index in [0.29, 0.717) is 17.6 Å². The smallest absolute Gasteiger partial charge is 0.226 e. The Labute approximate surface area is 129 Å². The molecule has 1 fully saturated rings. The van der Waals surface area contributed by atoms with Crippen molar-refractivity contribution < 1.29 is 4.74 Å². The van der Waals surface area contributed by atoms with Crippen LogP contribution in [0.3, 0.4) is 0 Å². The fourth-order valence-electron chi connectivity index (χ4n) is 2.88. The molecule has 1 unspecified atom stereocenters. The van der Waals surface area contributed by atoms with Crippen LogP contribution >= 0.6 is 11.6 Å².